The maximum absolute atomic E-state index is 11.2. The van der Waals surface area contributed by atoms with E-state index in [0.717, 1.165) is 0 Å². The summed E-state index contributed by atoms with van der Waals surface area (Å²) in [4.78, 5) is 33.5. The number of hydrogen-bond acceptors (Lipinski definition) is 4. The second-order valence-corrected chi connectivity index (χ2v) is 3.77. The minimum atomic E-state index is -0.924. The molecule has 0 atom stereocenters. The van der Waals surface area contributed by atoms with E-state index in [1.54, 1.807) is 17.0 Å². The molecule has 7 nitrogen and oxygen atoms in total. The van der Waals surface area contributed by atoms with Gasteiger partial charge in [-0.15, -0.1) is 12.4 Å². The molecule has 2 heterocycles. The Bertz CT molecular complexity index is 864. The Kier molecular flexibility index (Phi) is 3.41. The lowest BCUT2D eigenvalue weighted by atomic mass is 10.1. The summed E-state index contributed by atoms with van der Waals surface area (Å²) in [6, 6.07) is 4.97. The van der Waals surface area contributed by atoms with E-state index in [1.165, 1.54) is 18.5 Å². The topological polar surface area (TPSA) is 100 Å². The molecule has 0 saturated carbocycles. The Labute approximate surface area is 118 Å². The van der Waals surface area contributed by atoms with Gasteiger partial charge in [-0.2, -0.15) is 5.26 Å². The number of nitriles is 1. The van der Waals surface area contributed by atoms with E-state index in [9.17, 15) is 9.59 Å². The lowest BCUT2D eigenvalue weighted by molar-refractivity contribution is -0.135. The van der Waals surface area contributed by atoms with E-state index in [1.807, 2.05) is 6.07 Å². The fourth-order valence-electron chi connectivity index (χ4n) is 1.76. The molecule has 0 fully saturated rings. The maximum atomic E-state index is 11.2. The number of carbonyl (C=O) groups excluding carboxylic acids is 2. The number of fused-ring (bicyclic) bond motifs is 1. The van der Waals surface area contributed by atoms with Crippen molar-refractivity contribution in [1.82, 2.24) is 9.55 Å². The highest BCUT2D eigenvalue weighted by molar-refractivity contribution is 6.36. The van der Waals surface area contributed by atoms with Crippen LogP contribution in [0, 0.1) is 11.3 Å². The van der Waals surface area contributed by atoms with Crippen molar-refractivity contribution in [2.75, 3.05) is 0 Å². The first-order valence-electron chi connectivity index (χ1n) is 5.27. The highest BCUT2D eigenvalue weighted by Gasteiger charge is 2.17. The van der Waals surface area contributed by atoms with Gasteiger partial charge in [0.15, 0.2) is 0 Å². The van der Waals surface area contributed by atoms with E-state index in [-0.39, 0.29) is 23.1 Å². The van der Waals surface area contributed by atoms with Crippen LogP contribution in [0.4, 0.5) is 0 Å². The van der Waals surface area contributed by atoms with Gasteiger partial charge in [-0.3, -0.25) is 9.59 Å². The van der Waals surface area contributed by atoms with Gasteiger partial charge < -0.3 is 4.57 Å². The lowest BCUT2D eigenvalue weighted by Gasteiger charge is -2.05. The summed E-state index contributed by atoms with van der Waals surface area (Å²) in [6.07, 6.45) is 4.75. The van der Waals surface area contributed by atoms with Crippen LogP contribution in [-0.2, 0) is 9.59 Å². The third-order valence-electron chi connectivity index (χ3n) is 2.62. The van der Waals surface area contributed by atoms with Gasteiger partial charge in [-0.1, -0.05) is 0 Å². The van der Waals surface area contributed by atoms with Gasteiger partial charge in [-0.25, -0.2) is 15.0 Å². The molecule has 0 spiro atoms. The quantitative estimate of drug-likeness (QED) is 0.658. The number of benzene rings is 1. The summed E-state index contributed by atoms with van der Waals surface area (Å²) in [5, 5.41) is 9.63. The Morgan fingerprint density at radius 1 is 1.10 bits per heavy atom. The van der Waals surface area contributed by atoms with E-state index in [0.29, 0.717) is 11.3 Å². The maximum Gasteiger partial charge on any atom is 0.338 e. The average molecular weight is 288 g/mol. The highest BCUT2D eigenvalue weighted by Crippen LogP contribution is 2.09. The SMILES string of the molecule is Cl.N#Cc1cc2c(cc1-n1ccnc1)=NC(=O)C(=O)N=2. The third kappa shape index (κ3) is 2.08. The van der Waals surface area contributed by atoms with Crippen molar-refractivity contribution in [2.24, 2.45) is 9.98 Å². The van der Waals surface area contributed by atoms with Gasteiger partial charge in [0, 0.05) is 12.4 Å². The first kappa shape index (κ1) is 13.6. The summed E-state index contributed by atoms with van der Waals surface area (Å²) in [5.41, 5.74) is 0.845. The van der Waals surface area contributed by atoms with E-state index in [4.69, 9.17) is 5.26 Å². The molecule has 8 heteroatoms. The summed E-state index contributed by atoms with van der Waals surface area (Å²) in [7, 11) is 0. The Morgan fingerprint density at radius 2 is 1.75 bits per heavy atom. The van der Waals surface area contributed by atoms with E-state index in [2.05, 4.69) is 15.0 Å². The Balaban J connectivity index is 0.00000147. The van der Waals surface area contributed by atoms with Crippen LogP contribution in [0.5, 0.6) is 0 Å². The molecule has 3 rings (SSSR count). The van der Waals surface area contributed by atoms with Crippen LogP contribution in [0.1, 0.15) is 5.56 Å². The van der Waals surface area contributed by atoms with Crippen LogP contribution in [0.2, 0.25) is 0 Å². The molecule has 2 amide bonds. The standard InChI is InChI=1S/C12H5N5O2.ClH/c13-5-7-3-8-9(16-12(19)11(18)15-8)4-10(7)17-2-1-14-6-17;/h1-4,6H;1H. The number of hydrogen-bond donors (Lipinski definition) is 0. The van der Waals surface area contributed by atoms with Crippen molar-refractivity contribution < 1.29 is 9.59 Å². The van der Waals surface area contributed by atoms with Crippen LogP contribution in [-0.4, -0.2) is 21.4 Å². The molecule has 1 aromatic heterocycles. The molecule has 0 unspecified atom stereocenters. The molecule has 20 heavy (non-hydrogen) atoms. The monoisotopic (exact) mass is 287 g/mol. The average Bonchev–Trinajstić information content (AvgIpc) is 2.92. The minimum absolute atomic E-state index is 0. The van der Waals surface area contributed by atoms with Crippen LogP contribution >= 0.6 is 12.4 Å². The number of amides is 2. The molecule has 0 bridgehead atoms. The number of imidazole rings is 1. The minimum Gasteiger partial charge on any atom is -0.305 e. The predicted molar refractivity (Wildman–Crippen MR) is 67.9 cm³/mol. The van der Waals surface area contributed by atoms with Gasteiger partial charge in [0.25, 0.3) is 0 Å². The Morgan fingerprint density at radius 3 is 2.30 bits per heavy atom. The summed E-state index contributed by atoms with van der Waals surface area (Å²) in [6.45, 7) is 0. The van der Waals surface area contributed by atoms with Crippen LogP contribution < -0.4 is 10.7 Å². The molecule has 0 saturated heterocycles. The van der Waals surface area contributed by atoms with Crippen LogP contribution in [0.3, 0.4) is 0 Å². The second-order valence-electron chi connectivity index (χ2n) is 3.77. The summed E-state index contributed by atoms with van der Waals surface area (Å²) in [5.74, 6) is -1.83. The molecule has 98 valence electrons. The fourth-order valence-corrected chi connectivity index (χ4v) is 1.76. The Hall–Kier alpha value is -2.85. The molecular formula is C12H6ClN5O2. The van der Waals surface area contributed by atoms with Crippen molar-refractivity contribution in [3.63, 3.8) is 0 Å². The van der Waals surface area contributed by atoms with Crippen molar-refractivity contribution in [1.29, 1.82) is 5.26 Å². The van der Waals surface area contributed by atoms with E-state index >= 15 is 0 Å². The van der Waals surface area contributed by atoms with Crippen LogP contribution in [0.15, 0.2) is 40.8 Å². The largest absolute Gasteiger partial charge is 0.338 e. The number of nitrogens with zero attached hydrogens (tertiary/aromatic N) is 5. The molecule has 0 N–H and O–H groups in total. The molecule has 1 aliphatic rings. The normalized spacial score (nSPS) is 12.6. The molecular weight excluding hydrogens is 282 g/mol. The number of carbonyl (C=O) groups is 2. The zero-order chi connectivity index (χ0) is 13.4. The van der Waals surface area contributed by atoms with Gasteiger partial charge in [0.1, 0.15) is 6.07 Å². The highest BCUT2D eigenvalue weighted by atomic mass is 35.5. The smallest absolute Gasteiger partial charge is 0.305 e. The van der Waals surface area contributed by atoms with E-state index < -0.39 is 11.8 Å². The third-order valence-corrected chi connectivity index (χ3v) is 2.62. The van der Waals surface area contributed by atoms with Crippen LogP contribution in [0.25, 0.3) is 5.69 Å². The van der Waals surface area contributed by atoms with Crippen molar-refractivity contribution in [3.05, 3.63) is 47.1 Å². The van der Waals surface area contributed by atoms with Crippen molar-refractivity contribution in [3.8, 4) is 11.8 Å². The van der Waals surface area contributed by atoms with Gasteiger partial charge in [0.2, 0.25) is 0 Å². The predicted octanol–water partition coefficient (Wildman–Crippen LogP) is -0.528. The molecule has 2 aromatic rings. The fraction of sp³-hybridized carbons (Fsp3) is 0. The molecule has 1 aromatic carbocycles. The lowest BCUT2D eigenvalue weighted by Crippen LogP contribution is -2.35. The first-order chi connectivity index (χ1) is 9.19. The zero-order valence-electron chi connectivity index (χ0n) is 9.85. The number of rotatable bonds is 1. The number of halogens is 1. The summed E-state index contributed by atoms with van der Waals surface area (Å²) >= 11 is 0. The van der Waals surface area contributed by atoms with Gasteiger partial charge >= 0.3 is 11.8 Å². The van der Waals surface area contributed by atoms with Gasteiger partial charge in [-0.05, 0) is 12.1 Å². The van der Waals surface area contributed by atoms with Gasteiger partial charge in [0.05, 0.1) is 28.3 Å². The summed E-state index contributed by atoms with van der Waals surface area (Å²) < 4.78 is 1.62. The van der Waals surface area contributed by atoms with Crippen molar-refractivity contribution in [2.45, 2.75) is 0 Å². The molecule has 0 radical (unpaired) electrons. The zero-order valence-corrected chi connectivity index (χ0v) is 10.7. The van der Waals surface area contributed by atoms with Crippen molar-refractivity contribution >= 4 is 24.2 Å². The second kappa shape index (κ2) is 5.03. The molecule has 0 aliphatic carbocycles. The first-order valence-corrected chi connectivity index (χ1v) is 5.27. The molecule has 1 aliphatic heterocycles. The number of aromatic nitrogens is 2.